The molecule has 7 nitrogen and oxygen atoms in total. The Bertz CT molecular complexity index is 626. The maximum Gasteiger partial charge on any atom is 0.312 e. The highest BCUT2D eigenvalue weighted by molar-refractivity contribution is 9.10. The second kappa shape index (κ2) is 7.87. The Kier molecular flexibility index (Phi) is 6.78. The summed E-state index contributed by atoms with van der Waals surface area (Å²) in [5.74, 6) is -1.30. The number of hydrogen-bond acceptors (Lipinski definition) is 6. The number of rotatable bonds is 8. The monoisotopic (exact) mass is 405 g/mol. The van der Waals surface area contributed by atoms with Crippen LogP contribution >= 0.6 is 26.6 Å². The zero-order valence-corrected chi connectivity index (χ0v) is 13.6. The van der Waals surface area contributed by atoms with E-state index >= 15 is 0 Å². The zero-order chi connectivity index (χ0) is 16.0. The normalized spacial score (nSPS) is 11.4. The highest BCUT2D eigenvalue weighted by Crippen LogP contribution is 2.32. The zero-order valence-electron chi connectivity index (χ0n) is 10.4. The average molecular weight is 407 g/mol. The van der Waals surface area contributed by atoms with E-state index in [1.165, 1.54) is 0 Å². The number of hydrogen-bond donors (Lipinski definition) is 0. The van der Waals surface area contributed by atoms with Gasteiger partial charge in [-0.05, 0) is 15.9 Å². The van der Waals surface area contributed by atoms with Crippen molar-refractivity contribution in [1.82, 2.24) is 0 Å². The molecule has 0 spiro atoms. The van der Waals surface area contributed by atoms with E-state index in [0.717, 1.165) is 12.1 Å². The molecule has 0 radical (unpaired) electrons. The van der Waals surface area contributed by atoms with E-state index in [1.807, 2.05) is 0 Å². The Labute approximate surface area is 132 Å². The fraction of sp³-hybridized carbons (Fsp3) is 0.400. The molecular formula is C10H10BrClFNO6S. The average Bonchev–Trinajstić information content (AvgIpc) is 2.35. The number of ether oxygens (including phenoxy) is 2. The number of nitrogens with zero attached hydrogens (tertiary/aromatic N) is 1. The molecule has 0 saturated heterocycles. The maximum atomic E-state index is 13.3. The van der Waals surface area contributed by atoms with Gasteiger partial charge in [0.05, 0.1) is 28.4 Å². The van der Waals surface area contributed by atoms with E-state index in [2.05, 4.69) is 15.9 Å². The first-order chi connectivity index (χ1) is 9.70. The van der Waals surface area contributed by atoms with Gasteiger partial charge in [0, 0.05) is 22.8 Å². The molecule has 0 atom stereocenters. The first-order valence-corrected chi connectivity index (χ1v) is 8.74. The van der Waals surface area contributed by atoms with Gasteiger partial charge >= 0.3 is 5.69 Å². The number of halogens is 3. The minimum absolute atomic E-state index is 0.0265. The van der Waals surface area contributed by atoms with Crippen LogP contribution in [0.2, 0.25) is 0 Å². The molecule has 0 saturated carbocycles. The van der Waals surface area contributed by atoms with Crippen LogP contribution in [-0.4, -0.2) is 38.9 Å². The molecular weight excluding hydrogens is 397 g/mol. The van der Waals surface area contributed by atoms with Gasteiger partial charge < -0.3 is 9.47 Å². The van der Waals surface area contributed by atoms with Gasteiger partial charge in [-0.3, -0.25) is 10.1 Å². The van der Waals surface area contributed by atoms with Gasteiger partial charge in [0.1, 0.15) is 12.4 Å². The van der Waals surface area contributed by atoms with Crippen LogP contribution in [0.5, 0.6) is 5.75 Å². The van der Waals surface area contributed by atoms with Crippen molar-refractivity contribution in [3.8, 4) is 5.75 Å². The second-order valence-electron chi connectivity index (χ2n) is 3.69. The maximum absolute atomic E-state index is 13.3. The van der Waals surface area contributed by atoms with Crippen molar-refractivity contribution in [1.29, 1.82) is 0 Å². The largest absolute Gasteiger partial charge is 0.484 e. The highest BCUT2D eigenvalue weighted by atomic mass is 79.9. The van der Waals surface area contributed by atoms with Crippen molar-refractivity contribution in [2.24, 2.45) is 0 Å². The molecule has 0 amide bonds. The number of benzene rings is 1. The molecule has 0 aliphatic heterocycles. The molecule has 0 heterocycles. The lowest BCUT2D eigenvalue weighted by Gasteiger charge is -2.08. The summed E-state index contributed by atoms with van der Waals surface area (Å²) < 4.78 is 44.5. The van der Waals surface area contributed by atoms with Crippen molar-refractivity contribution >= 4 is 41.4 Å². The van der Waals surface area contributed by atoms with Crippen LogP contribution in [0.15, 0.2) is 16.6 Å². The third kappa shape index (κ3) is 6.55. The van der Waals surface area contributed by atoms with E-state index < -0.39 is 25.5 Å². The summed E-state index contributed by atoms with van der Waals surface area (Å²) in [6.45, 7) is -0.266. The van der Waals surface area contributed by atoms with Gasteiger partial charge in [-0.2, -0.15) is 0 Å². The molecule has 0 aliphatic rings. The molecule has 0 aromatic heterocycles. The molecule has 0 fully saturated rings. The summed E-state index contributed by atoms with van der Waals surface area (Å²) in [6, 6.07) is 1.87. The summed E-state index contributed by atoms with van der Waals surface area (Å²) in [5, 5.41) is 10.8. The second-order valence-corrected chi connectivity index (χ2v) is 7.45. The predicted molar refractivity (Wildman–Crippen MR) is 76.7 cm³/mol. The third-order valence-electron chi connectivity index (χ3n) is 2.16. The van der Waals surface area contributed by atoms with E-state index in [9.17, 15) is 22.9 Å². The smallest absolute Gasteiger partial charge is 0.312 e. The summed E-state index contributed by atoms with van der Waals surface area (Å²) >= 11 is 2.84. The predicted octanol–water partition coefficient (Wildman–Crippen LogP) is 2.46. The standard InChI is InChI=1S/C10H10BrClFNO6S/c11-7-5-9(14(15)16)10(6-8(7)13)20-2-1-19-3-4-21(12,17)18/h5-6H,1-4H2. The quantitative estimate of drug-likeness (QED) is 0.285. The first-order valence-electron chi connectivity index (χ1n) is 5.47. The topological polar surface area (TPSA) is 95.7 Å². The van der Waals surface area contributed by atoms with Crippen molar-refractivity contribution in [2.75, 3.05) is 25.6 Å². The van der Waals surface area contributed by atoms with Gasteiger partial charge in [0.2, 0.25) is 9.05 Å². The molecule has 1 aromatic carbocycles. The molecule has 1 rings (SSSR count). The van der Waals surface area contributed by atoms with Gasteiger partial charge in [0.15, 0.2) is 5.75 Å². The van der Waals surface area contributed by atoms with Crippen molar-refractivity contribution in [3.05, 3.63) is 32.5 Å². The van der Waals surface area contributed by atoms with E-state index in [0.29, 0.717) is 0 Å². The summed E-state index contributed by atoms with van der Waals surface area (Å²) in [5.41, 5.74) is -0.397. The van der Waals surface area contributed by atoms with Crippen molar-refractivity contribution in [2.45, 2.75) is 0 Å². The Morgan fingerprint density at radius 3 is 2.57 bits per heavy atom. The summed E-state index contributed by atoms with van der Waals surface area (Å²) in [6.07, 6.45) is 0. The minimum Gasteiger partial charge on any atom is -0.484 e. The molecule has 118 valence electrons. The van der Waals surface area contributed by atoms with Crippen LogP contribution in [0.25, 0.3) is 0 Å². The fourth-order valence-corrected chi connectivity index (χ4v) is 2.08. The molecule has 0 bridgehead atoms. The van der Waals surface area contributed by atoms with Gasteiger partial charge in [-0.15, -0.1) is 0 Å². The van der Waals surface area contributed by atoms with Crippen molar-refractivity contribution < 1.29 is 27.2 Å². The first kappa shape index (κ1) is 18.1. The fourth-order valence-electron chi connectivity index (χ4n) is 1.25. The molecule has 0 unspecified atom stereocenters. The molecule has 0 N–H and O–H groups in total. The van der Waals surface area contributed by atoms with Gasteiger partial charge in [0.25, 0.3) is 0 Å². The highest BCUT2D eigenvalue weighted by Gasteiger charge is 2.18. The lowest BCUT2D eigenvalue weighted by molar-refractivity contribution is -0.386. The van der Waals surface area contributed by atoms with E-state index in [-0.39, 0.29) is 35.8 Å². The SMILES string of the molecule is O=[N+]([O-])c1cc(Br)c(F)cc1OCCOCCS(=O)(=O)Cl. The Morgan fingerprint density at radius 2 is 2.00 bits per heavy atom. The Morgan fingerprint density at radius 1 is 1.33 bits per heavy atom. The van der Waals surface area contributed by atoms with Crippen LogP contribution in [-0.2, 0) is 13.8 Å². The molecule has 1 aromatic rings. The third-order valence-corrected chi connectivity index (χ3v) is 3.88. The Hall–Kier alpha value is -0.970. The molecule has 0 aliphatic carbocycles. The van der Waals surface area contributed by atoms with Crippen LogP contribution in [0.1, 0.15) is 0 Å². The van der Waals surface area contributed by atoms with E-state index in [4.69, 9.17) is 20.2 Å². The van der Waals surface area contributed by atoms with Crippen LogP contribution < -0.4 is 4.74 Å². The van der Waals surface area contributed by atoms with Gasteiger partial charge in [-0.1, -0.05) is 0 Å². The molecule has 11 heteroatoms. The Balaban J connectivity index is 2.52. The summed E-state index contributed by atoms with van der Waals surface area (Å²) in [7, 11) is 1.34. The van der Waals surface area contributed by atoms with E-state index in [1.54, 1.807) is 0 Å². The summed E-state index contributed by atoms with van der Waals surface area (Å²) in [4.78, 5) is 10.1. The lowest BCUT2D eigenvalue weighted by Crippen LogP contribution is -2.12. The van der Waals surface area contributed by atoms with Crippen molar-refractivity contribution in [3.63, 3.8) is 0 Å². The van der Waals surface area contributed by atoms with Crippen LogP contribution in [0, 0.1) is 15.9 Å². The number of nitro benzene ring substituents is 1. The number of nitro groups is 1. The lowest BCUT2D eigenvalue weighted by atomic mass is 10.3. The molecule has 21 heavy (non-hydrogen) atoms. The van der Waals surface area contributed by atoms with Gasteiger partial charge in [-0.25, -0.2) is 12.8 Å². The van der Waals surface area contributed by atoms with Crippen LogP contribution in [0.3, 0.4) is 0 Å². The minimum atomic E-state index is -3.63. The van der Waals surface area contributed by atoms with Crippen LogP contribution in [0.4, 0.5) is 10.1 Å².